The molecular weight excluding hydrogens is 150 g/mol. The molecule has 0 spiro atoms. The number of nitrogens with zero attached hydrogens (tertiary/aromatic N) is 1. The summed E-state index contributed by atoms with van der Waals surface area (Å²) in [7, 11) is 0. The Morgan fingerprint density at radius 3 is 2.33 bits per heavy atom. The summed E-state index contributed by atoms with van der Waals surface area (Å²) < 4.78 is 0. The topological polar surface area (TPSA) is 23.5 Å². The molecule has 0 amide bonds. The van der Waals surface area contributed by atoms with Crippen LogP contribution in [0, 0.1) is 5.92 Å². The van der Waals surface area contributed by atoms with Gasteiger partial charge < -0.3 is 10.0 Å². The van der Waals surface area contributed by atoms with E-state index in [4.69, 9.17) is 0 Å². The molecule has 2 heteroatoms. The van der Waals surface area contributed by atoms with Crippen LogP contribution in [0.3, 0.4) is 0 Å². The summed E-state index contributed by atoms with van der Waals surface area (Å²) in [5.41, 5.74) is 0. The van der Waals surface area contributed by atoms with Gasteiger partial charge in [-0.1, -0.05) is 20.3 Å². The van der Waals surface area contributed by atoms with E-state index in [1.165, 1.54) is 12.8 Å². The number of rotatable bonds is 4. The molecule has 1 fully saturated rings. The van der Waals surface area contributed by atoms with Crippen molar-refractivity contribution in [2.75, 3.05) is 19.6 Å². The Balaban J connectivity index is 2.28. The average Bonchev–Trinajstić information content (AvgIpc) is 2.47. The van der Waals surface area contributed by atoms with Crippen molar-refractivity contribution in [3.63, 3.8) is 0 Å². The fraction of sp³-hybridized carbons (Fsp3) is 1.00. The van der Waals surface area contributed by atoms with E-state index in [0.29, 0.717) is 5.92 Å². The maximum Gasteiger partial charge on any atom is 0.0580 e. The zero-order valence-corrected chi connectivity index (χ0v) is 8.29. The maximum atomic E-state index is 9.60. The largest absolute Gasteiger partial charge is 0.393 e. The van der Waals surface area contributed by atoms with Gasteiger partial charge in [-0.25, -0.2) is 0 Å². The van der Waals surface area contributed by atoms with E-state index in [9.17, 15) is 5.11 Å². The molecule has 0 aromatic rings. The molecule has 1 rings (SSSR count). The van der Waals surface area contributed by atoms with Gasteiger partial charge in [0.25, 0.3) is 0 Å². The van der Waals surface area contributed by atoms with E-state index in [1.807, 2.05) is 0 Å². The molecule has 0 radical (unpaired) electrons. The monoisotopic (exact) mass is 171 g/mol. The molecule has 72 valence electrons. The summed E-state index contributed by atoms with van der Waals surface area (Å²) in [4.78, 5) is 2.40. The first-order valence-corrected chi connectivity index (χ1v) is 5.18. The minimum atomic E-state index is -0.0226. The van der Waals surface area contributed by atoms with Crippen LogP contribution < -0.4 is 0 Å². The molecular formula is C10H21NO. The van der Waals surface area contributed by atoms with Gasteiger partial charge in [0.1, 0.15) is 0 Å². The molecule has 0 heterocycles. The highest BCUT2D eigenvalue weighted by molar-refractivity contribution is 4.78. The van der Waals surface area contributed by atoms with Crippen LogP contribution in [-0.2, 0) is 0 Å². The van der Waals surface area contributed by atoms with Crippen LogP contribution in [0.25, 0.3) is 0 Å². The van der Waals surface area contributed by atoms with Crippen molar-refractivity contribution in [2.45, 2.75) is 39.2 Å². The van der Waals surface area contributed by atoms with Gasteiger partial charge >= 0.3 is 0 Å². The Morgan fingerprint density at radius 2 is 1.92 bits per heavy atom. The van der Waals surface area contributed by atoms with Gasteiger partial charge in [-0.3, -0.25) is 0 Å². The molecule has 0 aliphatic heterocycles. The Morgan fingerprint density at radius 1 is 1.25 bits per heavy atom. The summed E-state index contributed by atoms with van der Waals surface area (Å²) in [6.07, 6.45) is 3.43. The smallest absolute Gasteiger partial charge is 0.0580 e. The second-order valence-corrected chi connectivity index (χ2v) is 3.74. The third-order valence-corrected chi connectivity index (χ3v) is 3.01. The SMILES string of the molecule is CCN(CC)CC1CCCC1O. The zero-order valence-electron chi connectivity index (χ0n) is 8.29. The highest BCUT2D eigenvalue weighted by Crippen LogP contribution is 2.25. The molecule has 2 nitrogen and oxygen atoms in total. The molecule has 0 bridgehead atoms. The second-order valence-electron chi connectivity index (χ2n) is 3.74. The lowest BCUT2D eigenvalue weighted by Gasteiger charge is -2.24. The van der Waals surface area contributed by atoms with Crippen LogP contribution in [0.5, 0.6) is 0 Å². The van der Waals surface area contributed by atoms with Crippen molar-refractivity contribution in [1.82, 2.24) is 4.90 Å². The molecule has 1 saturated carbocycles. The minimum Gasteiger partial charge on any atom is -0.393 e. The van der Waals surface area contributed by atoms with Gasteiger partial charge in [-0.05, 0) is 31.8 Å². The van der Waals surface area contributed by atoms with E-state index >= 15 is 0 Å². The third kappa shape index (κ3) is 2.46. The molecule has 1 aliphatic rings. The lowest BCUT2D eigenvalue weighted by atomic mass is 10.1. The minimum absolute atomic E-state index is 0.0226. The van der Waals surface area contributed by atoms with Gasteiger partial charge in [0.15, 0.2) is 0 Å². The molecule has 2 atom stereocenters. The summed E-state index contributed by atoms with van der Waals surface area (Å²) in [5, 5.41) is 9.60. The Bertz CT molecular complexity index is 123. The fourth-order valence-electron chi connectivity index (χ4n) is 2.04. The third-order valence-electron chi connectivity index (χ3n) is 3.01. The van der Waals surface area contributed by atoms with Gasteiger partial charge in [-0.2, -0.15) is 0 Å². The van der Waals surface area contributed by atoms with Gasteiger partial charge in [0.2, 0.25) is 0 Å². The van der Waals surface area contributed by atoms with E-state index < -0.39 is 0 Å². The van der Waals surface area contributed by atoms with Gasteiger partial charge in [0.05, 0.1) is 6.10 Å². The highest BCUT2D eigenvalue weighted by atomic mass is 16.3. The van der Waals surface area contributed by atoms with Gasteiger partial charge in [-0.15, -0.1) is 0 Å². The van der Waals surface area contributed by atoms with E-state index in [2.05, 4.69) is 18.7 Å². The predicted octanol–water partition coefficient (Wildman–Crippen LogP) is 1.49. The first-order valence-electron chi connectivity index (χ1n) is 5.18. The van der Waals surface area contributed by atoms with Crippen LogP contribution in [0.2, 0.25) is 0 Å². The highest BCUT2D eigenvalue weighted by Gasteiger charge is 2.25. The van der Waals surface area contributed by atoms with Crippen molar-refractivity contribution in [3.8, 4) is 0 Å². The quantitative estimate of drug-likeness (QED) is 0.692. The van der Waals surface area contributed by atoms with Crippen molar-refractivity contribution in [2.24, 2.45) is 5.92 Å². The predicted molar refractivity (Wildman–Crippen MR) is 51.1 cm³/mol. The number of aliphatic hydroxyl groups excluding tert-OH is 1. The summed E-state index contributed by atoms with van der Waals surface area (Å²) in [6.45, 7) is 7.68. The second kappa shape index (κ2) is 4.83. The first kappa shape index (κ1) is 10.0. The van der Waals surface area contributed by atoms with Crippen molar-refractivity contribution in [3.05, 3.63) is 0 Å². The van der Waals surface area contributed by atoms with E-state index in [-0.39, 0.29) is 6.10 Å². The molecule has 0 saturated heterocycles. The van der Waals surface area contributed by atoms with Crippen LogP contribution in [0.1, 0.15) is 33.1 Å². The number of hydrogen-bond acceptors (Lipinski definition) is 2. The van der Waals surface area contributed by atoms with Crippen LogP contribution >= 0.6 is 0 Å². The lowest BCUT2D eigenvalue weighted by molar-refractivity contribution is 0.105. The molecule has 0 aromatic carbocycles. The molecule has 1 aliphatic carbocycles. The lowest BCUT2D eigenvalue weighted by Crippen LogP contribution is -2.32. The molecule has 1 N–H and O–H groups in total. The standard InChI is InChI=1S/C10H21NO/c1-3-11(4-2)8-9-6-5-7-10(9)12/h9-10,12H,3-8H2,1-2H3. The summed E-state index contributed by atoms with van der Waals surface area (Å²) >= 11 is 0. The van der Waals surface area contributed by atoms with Crippen molar-refractivity contribution >= 4 is 0 Å². The Kier molecular flexibility index (Phi) is 4.02. The fourth-order valence-corrected chi connectivity index (χ4v) is 2.04. The van der Waals surface area contributed by atoms with Crippen LogP contribution in [0.15, 0.2) is 0 Å². The normalized spacial score (nSPS) is 30.0. The van der Waals surface area contributed by atoms with Crippen molar-refractivity contribution in [1.29, 1.82) is 0 Å². The molecule has 0 aromatic heterocycles. The average molecular weight is 171 g/mol. The van der Waals surface area contributed by atoms with Crippen LogP contribution in [-0.4, -0.2) is 35.7 Å². The first-order chi connectivity index (χ1) is 5.77. The van der Waals surface area contributed by atoms with Gasteiger partial charge in [0, 0.05) is 6.54 Å². The van der Waals surface area contributed by atoms with Crippen molar-refractivity contribution < 1.29 is 5.11 Å². The maximum absolute atomic E-state index is 9.60. The number of hydrogen-bond donors (Lipinski definition) is 1. The van der Waals surface area contributed by atoms with Crippen LogP contribution in [0.4, 0.5) is 0 Å². The Labute approximate surface area is 75.6 Å². The summed E-state index contributed by atoms with van der Waals surface area (Å²) in [6, 6.07) is 0. The number of aliphatic hydroxyl groups is 1. The molecule has 2 unspecified atom stereocenters. The molecule has 12 heavy (non-hydrogen) atoms. The Hall–Kier alpha value is -0.0800. The van der Waals surface area contributed by atoms with E-state index in [1.54, 1.807) is 0 Å². The zero-order chi connectivity index (χ0) is 8.97. The summed E-state index contributed by atoms with van der Waals surface area (Å²) in [5.74, 6) is 0.546. The van der Waals surface area contributed by atoms with E-state index in [0.717, 1.165) is 26.1 Å².